The van der Waals surface area contributed by atoms with E-state index in [2.05, 4.69) is 71.9 Å². The first-order valence-electron chi connectivity index (χ1n) is 7.70. The number of hydrogen-bond acceptors (Lipinski definition) is 5. The van der Waals surface area contributed by atoms with Crippen LogP contribution in [0.3, 0.4) is 0 Å². The second kappa shape index (κ2) is 23.5. The van der Waals surface area contributed by atoms with Crippen LogP contribution in [0, 0.1) is 9.54 Å². The van der Waals surface area contributed by atoms with Gasteiger partial charge in [-0.05, 0) is 43.8 Å². The first kappa shape index (κ1) is 27.1. The van der Waals surface area contributed by atoms with Gasteiger partial charge in [0, 0.05) is 6.54 Å². The Kier molecular flexibility index (Phi) is 26.6. The third-order valence-corrected chi connectivity index (χ3v) is 2.44. The predicted molar refractivity (Wildman–Crippen MR) is 112 cm³/mol. The largest absolute Gasteiger partial charge is 0.356 e. The highest BCUT2D eigenvalue weighted by atomic mass is 32.1. The van der Waals surface area contributed by atoms with E-state index in [0.717, 1.165) is 25.9 Å². The van der Waals surface area contributed by atoms with Crippen LogP contribution in [0.15, 0.2) is 37.8 Å². The molecule has 7 heteroatoms. The number of unbranched alkanes of at least 4 members (excludes halogenated alkanes) is 2. The summed E-state index contributed by atoms with van der Waals surface area (Å²) in [7, 11) is 0. The molecule has 0 bridgehead atoms. The van der Waals surface area contributed by atoms with E-state index in [9.17, 15) is 0 Å². The molecule has 0 atom stereocenters. The lowest BCUT2D eigenvalue weighted by atomic mass is 10.3. The summed E-state index contributed by atoms with van der Waals surface area (Å²) in [6, 6.07) is 0. The lowest BCUT2D eigenvalue weighted by Crippen LogP contribution is -2.05. The lowest BCUT2D eigenvalue weighted by molar-refractivity contribution is 0.807. The molecule has 0 fully saturated rings. The van der Waals surface area contributed by atoms with Crippen LogP contribution >= 0.6 is 24.4 Å². The standard InChI is InChI=1S/C7H12N4S2.C4H11N.2C3H4/c1-2-3-4-8-5-9-6(12)11-7(13)10-5;1-2-3-4-5;2*1-3-2/h2-4H2,1H3,(H3,8,9,10,11,12,13);2-5H2,1H3;2*1-2H2. The molecule has 0 saturated carbocycles. The molecule has 1 rings (SSSR count). The third-order valence-electron chi connectivity index (χ3n) is 2.05. The van der Waals surface area contributed by atoms with Crippen molar-refractivity contribution in [2.24, 2.45) is 5.73 Å². The molecule has 1 heterocycles. The molecule has 0 aromatic carbocycles. The molecule has 1 aromatic rings. The average Bonchev–Trinajstić information content (AvgIpc) is 2.50. The summed E-state index contributed by atoms with van der Waals surface area (Å²) >= 11 is 9.78. The minimum absolute atomic E-state index is 0.405. The molecular weight excluding hydrogens is 338 g/mol. The fourth-order valence-corrected chi connectivity index (χ4v) is 1.52. The highest BCUT2D eigenvalue weighted by molar-refractivity contribution is 7.71. The molecule has 0 amide bonds. The van der Waals surface area contributed by atoms with E-state index in [1.165, 1.54) is 12.8 Å². The van der Waals surface area contributed by atoms with E-state index in [1.54, 1.807) is 0 Å². The number of aromatic nitrogens is 3. The smallest absolute Gasteiger partial charge is 0.205 e. The zero-order chi connectivity index (χ0) is 19.2. The van der Waals surface area contributed by atoms with Gasteiger partial charge in [-0.2, -0.15) is 4.98 Å². The number of rotatable bonds is 6. The van der Waals surface area contributed by atoms with Crippen LogP contribution in [-0.4, -0.2) is 28.0 Å². The fourth-order valence-electron chi connectivity index (χ4n) is 1.06. The zero-order valence-electron chi connectivity index (χ0n) is 14.9. The van der Waals surface area contributed by atoms with E-state index in [4.69, 9.17) is 30.2 Å². The SMILES string of the molecule is C=C=C.C=C=C.CCCCN.CCCCNc1nc(=S)[nH]c(=S)[nH]1. The van der Waals surface area contributed by atoms with Crippen molar-refractivity contribution in [1.82, 2.24) is 15.0 Å². The van der Waals surface area contributed by atoms with Crippen molar-refractivity contribution in [2.45, 2.75) is 39.5 Å². The summed E-state index contributed by atoms with van der Waals surface area (Å²) in [5.41, 5.74) is 9.64. The summed E-state index contributed by atoms with van der Waals surface area (Å²) in [6.07, 6.45) is 4.64. The summed E-state index contributed by atoms with van der Waals surface area (Å²) in [5, 5.41) is 3.11. The molecule has 0 aliphatic carbocycles. The number of hydrogen-bond donors (Lipinski definition) is 4. The van der Waals surface area contributed by atoms with Crippen LogP contribution < -0.4 is 11.1 Å². The summed E-state index contributed by atoms with van der Waals surface area (Å²) < 4.78 is 0.904. The van der Waals surface area contributed by atoms with Gasteiger partial charge in [-0.3, -0.25) is 0 Å². The van der Waals surface area contributed by atoms with E-state index in [-0.39, 0.29) is 0 Å². The van der Waals surface area contributed by atoms with Crippen molar-refractivity contribution in [1.29, 1.82) is 0 Å². The van der Waals surface area contributed by atoms with Gasteiger partial charge in [0.05, 0.1) is 0 Å². The maximum absolute atomic E-state index is 5.14. The minimum Gasteiger partial charge on any atom is -0.356 e. The van der Waals surface area contributed by atoms with Gasteiger partial charge in [0.25, 0.3) is 0 Å². The number of nitrogens with two attached hydrogens (primary N) is 1. The Labute approximate surface area is 156 Å². The number of nitrogens with zero attached hydrogens (tertiary/aromatic N) is 1. The summed E-state index contributed by atoms with van der Waals surface area (Å²) in [6.45, 7) is 18.5. The van der Waals surface area contributed by atoms with Gasteiger partial charge >= 0.3 is 0 Å². The highest BCUT2D eigenvalue weighted by Crippen LogP contribution is 1.96. The molecule has 1 aromatic heterocycles. The first-order valence-corrected chi connectivity index (χ1v) is 8.51. The Hall–Kier alpha value is -1.75. The Morgan fingerprint density at radius 3 is 1.88 bits per heavy atom. The van der Waals surface area contributed by atoms with E-state index in [0.29, 0.717) is 15.5 Å². The van der Waals surface area contributed by atoms with Crippen LogP contribution in [0.5, 0.6) is 0 Å². The molecule has 0 unspecified atom stereocenters. The molecule has 5 N–H and O–H groups in total. The topological polar surface area (TPSA) is 82.5 Å². The maximum Gasteiger partial charge on any atom is 0.205 e. The predicted octanol–water partition coefficient (Wildman–Crippen LogP) is 5.07. The number of H-pyrrole nitrogens is 2. The average molecular weight is 370 g/mol. The van der Waals surface area contributed by atoms with Gasteiger partial charge in [-0.25, -0.2) is 0 Å². The van der Waals surface area contributed by atoms with Crippen molar-refractivity contribution in [3.05, 3.63) is 47.3 Å². The normalized spacial score (nSPS) is 7.79. The zero-order valence-corrected chi connectivity index (χ0v) is 16.5. The van der Waals surface area contributed by atoms with E-state index >= 15 is 0 Å². The molecular formula is C17H31N5S2. The van der Waals surface area contributed by atoms with Crippen molar-refractivity contribution >= 4 is 30.4 Å². The minimum atomic E-state index is 0.405. The fraction of sp³-hybridized carbons (Fsp3) is 0.471. The van der Waals surface area contributed by atoms with Crippen LogP contribution in [0.1, 0.15) is 39.5 Å². The quantitative estimate of drug-likeness (QED) is 0.320. The summed E-state index contributed by atoms with van der Waals surface area (Å²) in [4.78, 5) is 9.63. The first-order chi connectivity index (χ1) is 11.5. The van der Waals surface area contributed by atoms with Crippen LogP contribution in [0.4, 0.5) is 5.95 Å². The van der Waals surface area contributed by atoms with Gasteiger partial charge in [-0.15, -0.1) is 11.5 Å². The van der Waals surface area contributed by atoms with Crippen molar-refractivity contribution in [3.63, 3.8) is 0 Å². The Bertz CT molecular complexity index is 521. The second-order valence-electron chi connectivity index (χ2n) is 4.27. The van der Waals surface area contributed by atoms with E-state index < -0.39 is 0 Å². The van der Waals surface area contributed by atoms with Crippen molar-refractivity contribution < 1.29 is 0 Å². The number of anilines is 1. The second-order valence-corrected chi connectivity index (χ2v) is 5.06. The Morgan fingerprint density at radius 2 is 1.54 bits per heavy atom. The Balaban J connectivity index is -0.000000332. The summed E-state index contributed by atoms with van der Waals surface area (Å²) in [5.74, 6) is 0.641. The molecule has 0 radical (unpaired) electrons. The van der Waals surface area contributed by atoms with Crippen LogP contribution in [0.2, 0.25) is 0 Å². The van der Waals surface area contributed by atoms with E-state index in [1.807, 2.05) is 0 Å². The lowest BCUT2D eigenvalue weighted by Gasteiger charge is -2.02. The van der Waals surface area contributed by atoms with Crippen molar-refractivity contribution in [2.75, 3.05) is 18.4 Å². The van der Waals surface area contributed by atoms with Crippen molar-refractivity contribution in [3.8, 4) is 0 Å². The number of aromatic amines is 2. The molecule has 136 valence electrons. The highest BCUT2D eigenvalue weighted by Gasteiger charge is 1.92. The third kappa shape index (κ3) is 25.2. The molecule has 24 heavy (non-hydrogen) atoms. The molecule has 5 nitrogen and oxygen atoms in total. The maximum atomic E-state index is 5.14. The molecule has 0 aliphatic heterocycles. The van der Waals surface area contributed by atoms with Gasteiger partial charge in [0.15, 0.2) is 4.77 Å². The molecule has 0 spiro atoms. The van der Waals surface area contributed by atoms with Gasteiger partial charge < -0.3 is 21.0 Å². The number of nitrogens with one attached hydrogen (secondary N) is 3. The van der Waals surface area contributed by atoms with Crippen LogP contribution in [-0.2, 0) is 0 Å². The van der Waals surface area contributed by atoms with Gasteiger partial charge in [0.1, 0.15) is 0 Å². The van der Waals surface area contributed by atoms with Gasteiger partial charge in [0.2, 0.25) is 10.7 Å². The Morgan fingerprint density at radius 1 is 1.04 bits per heavy atom. The van der Waals surface area contributed by atoms with Crippen LogP contribution in [0.25, 0.3) is 0 Å². The molecule has 0 aliphatic rings. The monoisotopic (exact) mass is 369 g/mol. The molecule has 0 saturated heterocycles. The van der Waals surface area contributed by atoms with Gasteiger partial charge in [-0.1, -0.05) is 53.0 Å².